The van der Waals surface area contributed by atoms with E-state index in [1.165, 1.54) is 0 Å². The molecular weight excluding hydrogens is 307 g/mol. The van der Waals surface area contributed by atoms with Crippen LogP contribution in [0.15, 0.2) is 91.0 Å². The molecule has 0 aliphatic carbocycles. The molecule has 0 aliphatic heterocycles. The van der Waals surface area contributed by atoms with E-state index in [1.54, 1.807) is 0 Å². The molecule has 1 heteroatoms. The highest BCUT2D eigenvalue weighted by Crippen LogP contribution is 2.55. The minimum atomic E-state index is -2.45. The maximum Gasteiger partial charge on any atom is 0.112 e. The lowest BCUT2D eigenvalue weighted by Gasteiger charge is -2.27. The highest BCUT2D eigenvalue weighted by molar-refractivity contribution is 7.95. The summed E-state index contributed by atoms with van der Waals surface area (Å²) in [4.78, 5) is 0. The molecule has 0 saturated carbocycles. The second kappa shape index (κ2) is 8.27. The van der Waals surface area contributed by atoms with Gasteiger partial charge in [0.15, 0.2) is 0 Å². The molecule has 0 amide bonds. The van der Waals surface area contributed by atoms with E-state index in [4.69, 9.17) is 0 Å². The molecule has 24 heavy (non-hydrogen) atoms. The Morgan fingerprint density at radius 1 is 0.625 bits per heavy atom. The number of hydrogen-bond donors (Lipinski definition) is 0. The Hall–Kier alpha value is -1.91. The summed E-state index contributed by atoms with van der Waals surface area (Å²) in [5, 5.41) is 3.33. The molecule has 0 heterocycles. The van der Waals surface area contributed by atoms with Gasteiger partial charge in [0.2, 0.25) is 0 Å². The summed E-state index contributed by atoms with van der Waals surface area (Å²) in [5.74, 6) is 0. The Balaban J connectivity index is 2.36. The monoisotopic (exact) mass is 335 g/mol. The minimum absolute atomic E-state index is 0.565. The molecular formula is C23H26P+. The summed E-state index contributed by atoms with van der Waals surface area (Å²) in [5.41, 5.74) is 0. The first kappa shape index (κ1) is 14.4. The molecule has 0 radical (unpaired) electrons. The van der Waals surface area contributed by atoms with Crippen molar-refractivity contribution in [3.8, 4) is 0 Å². The van der Waals surface area contributed by atoms with E-state index < -0.39 is 13.4 Å². The van der Waals surface area contributed by atoms with Gasteiger partial charge in [-0.25, -0.2) is 0 Å². The molecule has 122 valence electrons. The molecule has 0 saturated heterocycles. The van der Waals surface area contributed by atoms with Gasteiger partial charge in [0.25, 0.3) is 0 Å². The zero-order valence-corrected chi connectivity index (χ0v) is 15.1. The molecule has 3 aromatic rings. The van der Waals surface area contributed by atoms with E-state index in [2.05, 4.69) is 43.3 Å². The van der Waals surface area contributed by atoms with E-state index in [0.29, 0.717) is 6.42 Å². The van der Waals surface area contributed by atoms with Gasteiger partial charge in [-0.05, 0) is 42.8 Å². The predicted octanol–water partition coefficient (Wildman–Crippen LogP) is 5.17. The molecule has 0 bridgehead atoms. The van der Waals surface area contributed by atoms with Crippen LogP contribution in [0.2, 0.25) is 0 Å². The van der Waals surface area contributed by atoms with Crippen LogP contribution in [0.5, 0.6) is 0 Å². The van der Waals surface area contributed by atoms with Crippen molar-refractivity contribution in [1.29, 1.82) is 0 Å². The fraction of sp³-hybridized carbons (Fsp3) is 0.217. The van der Waals surface area contributed by atoms with Crippen LogP contribution in [-0.4, -0.2) is 6.11 Å². The van der Waals surface area contributed by atoms with E-state index in [1.807, 2.05) is 54.6 Å². The van der Waals surface area contributed by atoms with Crippen LogP contribution in [0.25, 0.3) is 0 Å². The standard InChI is InChI=1S/C23H26P/c1-2-3-13-20-24(21-14-7-4-8-15-21,22-16-9-5-10-17-22)23-18-11-6-12-19-23/h4-12,14-19H,2-3,13,20H2,1H3/q+1/i20D2. The summed E-state index contributed by atoms with van der Waals surface area (Å²) in [6, 6.07) is 30.9. The van der Waals surface area contributed by atoms with Gasteiger partial charge in [-0.3, -0.25) is 0 Å². The fourth-order valence-electron chi connectivity index (χ4n) is 3.10. The molecule has 0 atom stereocenters. The number of rotatable bonds is 7. The summed E-state index contributed by atoms with van der Waals surface area (Å²) in [7, 11) is -2.45. The van der Waals surface area contributed by atoms with Gasteiger partial charge in [-0.15, -0.1) is 0 Å². The Morgan fingerprint density at radius 3 is 1.33 bits per heavy atom. The summed E-state index contributed by atoms with van der Waals surface area (Å²) in [6.45, 7) is 2.13. The van der Waals surface area contributed by atoms with Gasteiger partial charge < -0.3 is 0 Å². The van der Waals surface area contributed by atoms with E-state index in [-0.39, 0.29) is 0 Å². The Labute approximate surface area is 149 Å². The topological polar surface area (TPSA) is 0 Å². The van der Waals surface area contributed by atoms with Crippen molar-refractivity contribution in [2.75, 3.05) is 6.11 Å². The van der Waals surface area contributed by atoms with Gasteiger partial charge in [0, 0.05) is 0 Å². The zero-order valence-electron chi connectivity index (χ0n) is 16.2. The highest BCUT2D eigenvalue weighted by Gasteiger charge is 2.44. The smallest absolute Gasteiger partial charge is 0.0654 e. The van der Waals surface area contributed by atoms with Crippen molar-refractivity contribution in [3.63, 3.8) is 0 Å². The number of unbranched alkanes of at least 4 members (excludes halogenated alkanes) is 1. The van der Waals surface area contributed by atoms with Crippen LogP contribution in [-0.2, 0) is 0 Å². The molecule has 0 aromatic heterocycles. The maximum absolute atomic E-state index is 9.26. The number of benzene rings is 3. The predicted molar refractivity (Wildman–Crippen MR) is 110 cm³/mol. The lowest BCUT2D eigenvalue weighted by molar-refractivity contribution is 0.776. The molecule has 0 unspecified atom stereocenters. The molecule has 3 aromatic carbocycles. The van der Waals surface area contributed by atoms with E-state index in [9.17, 15) is 2.74 Å². The average Bonchev–Trinajstić information content (AvgIpc) is 2.69. The Morgan fingerprint density at radius 2 is 1.00 bits per heavy atom. The van der Waals surface area contributed by atoms with Crippen molar-refractivity contribution in [2.24, 2.45) is 0 Å². The van der Waals surface area contributed by atoms with Crippen molar-refractivity contribution in [1.82, 2.24) is 0 Å². The summed E-state index contributed by atoms with van der Waals surface area (Å²) >= 11 is 0. The van der Waals surface area contributed by atoms with Crippen LogP contribution in [0.4, 0.5) is 0 Å². The van der Waals surface area contributed by atoms with E-state index >= 15 is 0 Å². The van der Waals surface area contributed by atoms with Crippen LogP contribution in [0.3, 0.4) is 0 Å². The largest absolute Gasteiger partial charge is 0.112 e. The highest BCUT2D eigenvalue weighted by atomic mass is 31.2. The van der Waals surface area contributed by atoms with Crippen molar-refractivity contribution in [3.05, 3.63) is 91.0 Å². The van der Waals surface area contributed by atoms with Gasteiger partial charge >= 0.3 is 0 Å². The Kier molecular flexibility index (Phi) is 4.97. The SMILES string of the molecule is [2H]C([2H])(CCCC)[P+](c1ccccc1)(c1ccccc1)c1ccccc1. The van der Waals surface area contributed by atoms with Crippen LogP contribution in [0, 0.1) is 0 Å². The first-order valence-electron chi connectivity index (χ1n) is 9.69. The Bertz CT molecular complexity index is 705. The zero-order chi connectivity index (χ0) is 18.5. The van der Waals surface area contributed by atoms with E-state index in [0.717, 1.165) is 28.8 Å². The lowest BCUT2D eigenvalue weighted by Crippen LogP contribution is -2.33. The summed E-state index contributed by atoms with van der Waals surface area (Å²) < 4.78 is 18.5. The second-order valence-electron chi connectivity index (χ2n) is 5.94. The molecule has 3 rings (SSSR count). The first-order valence-corrected chi connectivity index (χ1v) is 10.5. The molecule has 0 N–H and O–H groups in total. The fourth-order valence-corrected chi connectivity index (χ4v) is 6.89. The van der Waals surface area contributed by atoms with Gasteiger partial charge in [-0.1, -0.05) is 74.4 Å². The van der Waals surface area contributed by atoms with Crippen molar-refractivity contribution < 1.29 is 2.74 Å². The second-order valence-corrected chi connectivity index (χ2v) is 9.15. The van der Waals surface area contributed by atoms with Gasteiger partial charge in [0.1, 0.15) is 23.2 Å². The van der Waals surface area contributed by atoms with Crippen LogP contribution in [0.1, 0.15) is 28.9 Å². The molecule has 0 fully saturated rings. The molecule has 0 aliphatic rings. The van der Waals surface area contributed by atoms with Crippen molar-refractivity contribution in [2.45, 2.75) is 26.2 Å². The third kappa shape index (κ3) is 3.45. The van der Waals surface area contributed by atoms with Crippen LogP contribution < -0.4 is 15.9 Å². The van der Waals surface area contributed by atoms with Crippen LogP contribution >= 0.6 is 7.26 Å². The third-order valence-electron chi connectivity index (χ3n) is 4.31. The first-order chi connectivity index (χ1) is 12.6. The van der Waals surface area contributed by atoms with Gasteiger partial charge in [-0.2, -0.15) is 0 Å². The lowest BCUT2D eigenvalue weighted by atomic mass is 10.3. The van der Waals surface area contributed by atoms with Gasteiger partial charge in [0.05, 0.1) is 8.86 Å². The quantitative estimate of drug-likeness (QED) is 0.523. The maximum atomic E-state index is 9.26. The molecule has 0 spiro atoms. The van der Waals surface area contributed by atoms with Crippen molar-refractivity contribution >= 4 is 23.2 Å². The minimum Gasteiger partial charge on any atom is -0.0654 e. The third-order valence-corrected chi connectivity index (χ3v) is 8.23. The summed E-state index contributed by atoms with van der Waals surface area (Å²) in [6.07, 6.45) is 1.14. The average molecular weight is 335 g/mol. The normalized spacial score (nSPS) is 13.2. The number of hydrogen-bond acceptors (Lipinski definition) is 0. The molecule has 0 nitrogen and oxygen atoms in total.